The Morgan fingerprint density at radius 1 is 1.40 bits per heavy atom. The SMILES string of the molecule is C=C(C(=O)c1cnc[nH]1)c1ccc2c(c1)OCC(=O)N2. The van der Waals surface area contributed by atoms with Crippen molar-refractivity contribution in [2.24, 2.45) is 0 Å². The van der Waals surface area contributed by atoms with Gasteiger partial charge in [-0.15, -0.1) is 0 Å². The molecule has 0 aliphatic carbocycles. The molecule has 1 amide bonds. The van der Waals surface area contributed by atoms with Gasteiger partial charge in [0.15, 0.2) is 6.61 Å². The molecule has 0 saturated heterocycles. The molecule has 6 heteroatoms. The van der Waals surface area contributed by atoms with E-state index >= 15 is 0 Å². The van der Waals surface area contributed by atoms with E-state index in [1.807, 2.05) is 0 Å². The molecule has 0 spiro atoms. The number of carbonyl (C=O) groups excluding carboxylic acids is 2. The van der Waals surface area contributed by atoms with Gasteiger partial charge in [0, 0.05) is 5.57 Å². The van der Waals surface area contributed by atoms with Crippen LogP contribution in [0.3, 0.4) is 0 Å². The molecule has 0 radical (unpaired) electrons. The highest BCUT2D eigenvalue weighted by Gasteiger charge is 2.19. The standard InChI is InChI=1S/C14H11N3O3/c1-8(14(19)11-5-15-7-16-11)9-2-3-10-12(4-9)20-6-13(18)17-10/h2-5,7H,1,6H2,(H,15,16)(H,17,18). The van der Waals surface area contributed by atoms with Crippen LogP contribution in [0.4, 0.5) is 5.69 Å². The van der Waals surface area contributed by atoms with E-state index in [0.717, 1.165) is 0 Å². The maximum Gasteiger partial charge on any atom is 0.262 e. The number of aromatic nitrogens is 2. The van der Waals surface area contributed by atoms with Gasteiger partial charge in [-0.1, -0.05) is 12.6 Å². The summed E-state index contributed by atoms with van der Waals surface area (Å²) < 4.78 is 5.31. The Morgan fingerprint density at radius 2 is 2.25 bits per heavy atom. The number of Topliss-reactive ketones (excluding diaryl/α,β-unsaturated/α-hetero) is 1. The molecule has 1 aromatic heterocycles. The molecule has 0 unspecified atom stereocenters. The van der Waals surface area contributed by atoms with E-state index in [9.17, 15) is 9.59 Å². The van der Waals surface area contributed by atoms with E-state index in [0.29, 0.717) is 28.3 Å². The number of nitrogens with zero attached hydrogens (tertiary/aromatic N) is 1. The molecular weight excluding hydrogens is 258 g/mol. The minimum absolute atomic E-state index is 0.0303. The summed E-state index contributed by atoms with van der Waals surface area (Å²) in [5.41, 5.74) is 1.94. The van der Waals surface area contributed by atoms with Crippen LogP contribution in [0.1, 0.15) is 16.1 Å². The second kappa shape index (κ2) is 4.65. The first-order chi connectivity index (χ1) is 9.65. The van der Waals surface area contributed by atoms with Crippen LogP contribution in [-0.2, 0) is 4.79 Å². The highest BCUT2D eigenvalue weighted by molar-refractivity contribution is 6.27. The van der Waals surface area contributed by atoms with E-state index in [1.165, 1.54) is 12.5 Å². The third-order valence-electron chi connectivity index (χ3n) is 2.98. The predicted molar refractivity (Wildman–Crippen MR) is 72.5 cm³/mol. The van der Waals surface area contributed by atoms with Crippen LogP contribution in [0.25, 0.3) is 5.57 Å². The van der Waals surface area contributed by atoms with E-state index in [2.05, 4.69) is 21.9 Å². The fraction of sp³-hybridized carbons (Fsp3) is 0.0714. The van der Waals surface area contributed by atoms with E-state index in [-0.39, 0.29) is 18.3 Å². The Morgan fingerprint density at radius 3 is 3.00 bits per heavy atom. The van der Waals surface area contributed by atoms with Crippen LogP contribution in [0.15, 0.2) is 37.3 Å². The Hall–Kier alpha value is -2.89. The number of allylic oxidation sites excluding steroid dienone is 1. The molecule has 0 atom stereocenters. The summed E-state index contributed by atoms with van der Waals surface area (Å²) >= 11 is 0. The topological polar surface area (TPSA) is 84.1 Å². The molecule has 2 N–H and O–H groups in total. The molecule has 3 rings (SSSR count). The number of hydrogen-bond donors (Lipinski definition) is 2. The lowest BCUT2D eigenvalue weighted by atomic mass is 10.0. The Kier molecular flexibility index (Phi) is 2.83. The molecule has 20 heavy (non-hydrogen) atoms. The van der Waals surface area contributed by atoms with Crippen molar-refractivity contribution >= 4 is 23.0 Å². The number of aromatic amines is 1. The minimum Gasteiger partial charge on any atom is -0.482 e. The smallest absolute Gasteiger partial charge is 0.262 e. The van der Waals surface area contributed by atoms with Crippen LogP contribution in [0.2, 0.25) is 0 Å². The first-order valence-electron chi connectivity index (χ1n) is 5.94. The Balaban J connectivity index is 1.90. The molecule has 1 aromatic carbocycles. The van der Waals surface area contributed by atoms with Crippen molar-refractivity contribution in [3.8, 4) is 5.75 Å². The molecule has 0 fully saturated rings. The number of H-pyrrole nitrogens is 1. The van der Waals surface area contributed by atoms with Crippen LogP contribution < -0.4 is 10.1 Å². The van der Waals surface area contributed by atoms with E-state index in [1.54, 1.807) is 18.2 Å². The molecule has 1 aliphatic heterocycles. The molecule has 1 aliphatic rings. The normalized spacial score (nSPS) is 13.1. The van der Waals surface area contributed by atoms with Gasteiger partial charge in [0.1, 0.15) is 11.4 Å². The summed E-state index contributed by atoms with van der Waals surface area (Å²) in [5.74, 6) is 0.0977. The zero-order valence-corrected chi connectivity index (χ0v) is 10.5. The van der Waals surface area contributed by atoms with E-state index < -0.39 is 0 Å². The number of amides is 1. The molecule has 6 nitrogen and oxygen atoms in total. The number of hydrogen-bond acceptors (Lipinski definition) is 4. The van der Waals surface area contributed by atoms with Crippen molar-refractivity contribution in [3.05, 3.63) is 48.6 Å². The van der Waals surface area contributed by atoms with Gasteiger partial charge >= 0.3 is 0 Å². The number of anilines is 1. The third kappa shape index (κ3) is 2.07. The summed E-state index contributed by atoms with van der Waals surface area (Å²) in [7, 11) is 0. The average Bonchev–Trinajstić information content (AvgIpc) is 2.99. The van der Waals surface area contributed by atoms with Crippen molar-refractivity contribution in [2.75, 3.05) is 11.9 Å². The first-order valence-corrected chi connectivity index (χ1v) is 5.94. The quantitative estimate of drug-likeness (QED) is 0.655. The van der Waals surface area contributed by atoms with Crippen LogP contribution in [-0.4, -0.2) is 28.3 Å². The highest BCUT2D eigenvalue weighted by Crippen LogP contribution is 2.31. The van der Waals surface area contributed by atoms with Crippen molar-refractivity contribution in [3.63, 3.8) is 0 Å². The Labute approximate surface area is 114 Å². The lowest BCUT2D eigenvalue weighted by molar-refractivity contribution is -0.118. The largest absolute Gasteiger partial charge is 0.482 e. The number of ketones is 1. The minimum atomic E-state index is -0.234. The van der Waals surface area contributed by atoms with Gasteiger partial charge in [0.2, 0.25) is 5.78 Å². The van der Waals surface area contributed by atoms with Crippen molar-refractivity contribution < 1.29 is 14.3 Å². The van der Waals surface area contributed by atoms with Crippen molar-refractivity contribution in [1.82, 2.24) is 9.97 Å². The van der Waals surface area contributed by atoms with Gasteiger partial charge in [0.05, 0.1) is 18.2 Å². The zero-order chi connectivity index (χ0) is 14.1. The lowest BCUT2D eigenvalue weighted by Gasteiger charge is -2.18. The second-order valence-corrected chi connectivity index (χ2v) is 4.32. The van der Waals surface area contributed by atoms with Gasteiger partial charge < -0.3 is 15.0 Å². The first kappa shape index (κ1) is 12.2. The number of benzene rings is 1. The third-order valence-corrected chi connectivity index (χ3v) is 2.98. The van der Waals surface area contributed by atoms with Crippen molar-refractivity contribution in [1.29, 1.82) is 0 Å². The van der Waals surface area contributed by atoms with Crippen molar-refractivity contribution in [2.45, 2.75) is 0 Å². The van der Waals surface area contributed by atoms with Gasteiger partial charge in [-0.2, -0.15) is 0 Å². The number of imidazole rings is 1. The maximum atomic E-state index is 12.1. The number of fused-ring (bicyclic) bond motifs is 1. The molecular formula is C14H11N3O3. The number of rotatable bonds is 3. The summed E-state index contributed by atoms with van der Waals surface area (Å²) in [6, 6.07) is 5.09. The highest BCUT2D eigenvalue weighted by atomic mass is 16.5. The van der Waals surface area contributed by atoms with Crippen LogP contribution in [0, 0.1) is 0 Å². The molecule has 2 aromatic rings. The summed E-state index contributed by atoms with van der Waals surface area (Å²) in [6.45, 7) is 3.77. The fourth-order valence-electron chi connectivity index (χ4n) is 1.94. The molecule has 0 saturated carbocycles. The van der Waals surface area contributed by atoms with Gasteiger partial charge in [-0.25, -0.2) is 4.98 Å². The Bertz CT molecular complexity index is 704. The lowest BCUT2D eigenvalue weighted by Crippen LogP contribution is -2.25. The van der Waals surface area contributed by atoms with Crippen LogP contribution >= 0.6 is 0 Å². The summed E-state index contributed by atoms with van der Waals surface area (Å²) in [5, 5.41) is 2.69. The maximum absolute atomic E-state index is 12.1. The summed E-state index contributed by atoms with van der Waals surface area (Å²) in [4.78, 5) is 29.9. The number of carbonyl (C=O) groups is 2. The molecule has 2 heterocycles. The molecule has 0 bridgehead atoms. The monoisotopic (exact) mass is 269 g/mol. The predicted octanol–water partition coefficient (Wildman–Crippen LogP) is 1.64. The van der Waals surface area contributed by atoms with Gasteiger partial charge in [-0.05, 0) is 17.7 Å². The second-order valence-electron chi connectivity index (χ2n) is 4.32. The number of nitrogens with one attached hydrogen (secondary N) is 2. The van der Waals surface area contributed by atoms with Gasteiger partial charge in [-0.3, -0.25) is 9.59 Å². The van der Waals surface area contributed by atoms with Gasteiger partial charge in [0.25, 0.3) is 5.91 Å². The number of ether oxygens (including phenoxy) is 1. The van der Waals surface area contributed by atoms with E-state index in [4.69, 9.17) is 4.74 Å². The zero-order valence-electron chi connectivity index (χ0n) is 10.5. The van der Waals surface area contributed by atoms with Crippen LogP contribution in [0.5, 0.6) is 5.75 Å². The molecule has 100 valence electrons. The fourth-order valence-corrected chi connectivity index (χ4v) is 1.94. The average molecular weight is 269 g/mol. The summed E-state index contributed by atoms with van der Waals surface area (Å²) in [6.07, 6.45) is 2.88.